The Morgan fingerprint density at radius 2 is 1.87 bits per heavy atom. The molecular weight excluding hydrogens is 395 g/mol. The van der Waals surface area contributed by atoms with Crippen LogP contribution in [0.25, 0.3) is 11.4 Å². The van der Waals surface area contributed by atoms with Gasteiger partial charge in [-0.2, -0.15) is 18.2 Å². The van der Waals surface area contributed by atoms with E-state index in [4.69, 9.17) is 4.52 Å². The van der Waals surface area contributed by atoms with Gasteiger partial charge in [-0.25, -0.2) is 0 Å². The predicted octanol–water partition coefficient (Wildman–Crippen LogP) is 5.58. The molecule has 2 atom stereocenters. The molecule has 0 fully saturated rings. The van der Waals surface area contributed by atoms with Gasteiger partial charge in [0, 0.05) is 11.1 Å². The van der Waals surface area contributed by atoms with E-state index in [-0.39, 0.29) is 29.1 Å². The number of hydrogen-bond donors (Lipinski definition) is 1. The number of carbonyl (C=O) groups excluding carboxylic acids is 1. The molecule has 0 saturated heterocycles. The van der Waals surface area contributed by atoms with Crippen LogP contribution in [0.2, 0.25) is 0 Å². The molecular formula is C22H22F3N3O2. The molecule has 158 valence electrons. The van der Waals surface area contributed by atoms with Gasteiger partial charge in [-0.15, -0.1) is 0 Å². The average molecular weight is 417 g/mol. The third kappa shape index (κ3) is 4.87. The Morgan fingerprint density at radius 1 is 1.17 bits per heavy atom. The largest absolute Gasteiger partial charge is 0.416 e. The van der Waals surface area contributed by atoms with Crippen LogP contribution < -0.4 is 5.32 Å². The minimum Gasteiger partial charge on any atom is -0.340 e. The monoisotopic (exact) mass is 417 g/mol. The summed E-state index contributed by atoms with van der Waals surface area (Å²) in [5, 5.41) is 6.74. The van der Waals surface area contributed by atoms with Gasteiger partial charge >= 0.3 is 6.18 Å². The molecule has 0 aliphatic heterocycles. The summed E-state index contributed by atoms with van der Waals surface area (Å²) < 4.78 is 44.3. The van der Waals surface area contributed by atoms with E-state index in [1.54, 1.807) is 12.1 Å². The number of aromatic nitrogens is 2. The molecule has 30 heavy (non-hydrogen) atoms. The van der Waals surface area contributed by atoms with Crippen LogP contribution in [0.1, 0.15) is 53.7 Å². The maximum absolute atomic E-state index is 13.0. The maximum atomic E-state index is 13.0. The fourth-order valence-corrected chi connectivity index (χ4v) is 2.93. The third-order valence-corrected chi connectivity index (χ3v) is 4.97. The van der Waals surface area contributed by atoms with E-state index in [2.05, 4.69) is 15.5 Å². The summed E-state index contributed by atoms with van der Waals surface area (Å²) >= 11 is 0. The number of amides is 1. The summed E-state index contributed by atoms with van der Waals surface area (Å²) in [7, 11) is 0. The normalized spacial score (nSPS) is 13.7. The molecule has 8 heteroatoms. The van der Waals surface area contributed by atoms with Crippen molar-refractivity contribution >= 4 is 5.91 Å². The number of alkyl halides is 3. The Morgan fingerprint density at radius 3 is 2.50 bits per heavy atom. The third-order valence-electron chi connectivity index (χ3n) is 4.97. The molecule has 1 amide bonds. The van der Waals surface area contributed by atoms with Gasteiger partial charge in [-0.1, -0.05) is 55.3 Å². The van der Waals surface area contributed by atoms with E-state index in [1.807, 2.05) is 32.9 Å². The fraction of sp³-hybridized carbons (Fsp3) is 0.318. The van der Waals surface area contributed by atoms with Gasteiger partial charge in [0.25, 0.3) is 5.91 Å². The summed E-state index contributed by atoms with van der Waals surface area (Å²) in [6.45, 7) is 5.81. The van der Waals surface area contributed by atoms with E-state index in [9.17, 15) is 18.0 Å². The van der Waals surface area contributed by atoms with Crippen LogP contribution in [0, 0.1) is 12.8 Å². The highest BCUT2D eigenvalue weighted by Crippen LogP contribution is 2.32. The van der Waals surface area contributed by atoms with E-state index in [1.165, 1.54) is 12.1 Å². The first-order chi connectivity index (χ1) is 14.2. The van der Waals surface area contributed by atoms with Crippen molar-refractivity contribution in [3.63, 3.8) is 0 Å². The molecule has 2 aromatic carbocycles. The molecule has 5 nitrogen and oxygen atoms in total. The number of carbonyl (C=O) groups is 1. The van der Waals surface area contributed by atoms with E-state index in [0.717, 1.165) is 24.1 Å². The first-order valence-corrected chi connectivity index (χ1v) is 9.57. The van der Waals surface area contributed by atoms with Crippen LogP contribution in [0.15, 0.2) is 53.1 Å². The summed E-state index contributed by atoms with van der Waals surface area (Å²) in [6.07, 6.45) is -3.75. The van der Waals surface area contributed by atoms with Gasteiger partial charge in [-0.05, 0) is 37.1 Å². The standard InChI is InChI=1S/C22H22F3N3O2/c1-4-14(3)18(26-20(29)15-10-8-13(2)9-11-15)21-27-19(28-30-21)16-6-5-7-17(12-16)22(23,24)25/h5-12,14,18H,4H2,1-3H3,(H,26,29). The first-order valence-electron chi connectivity index (χ1n) is 9.57. The predicted molar refractivity (Wildman–Crippen MR) is 106 cm³/mol. The lowest BCUT2D eigenvalue weighted by Crippen LogP contribution is -2.32. The zero-order chi connectivity index (χ0) is 21.9. The molecule has 0 aliphatic carbocycles. The molecule has 3 aromatic rings. The second-order valence-electron chi connectivity index (χ2n) is 7.24. The molecule has 0 bridgehead atoms. The lowest BCUT2D eigenvalue weighted by molar-refractivity contribution is -0.137. The van der Waals surface area contributed by atoms with Crippen molar-refractivity contribution < 1.29 is 22.5 Å². The molecule has 3 rings (SSSR count). The highest BCUT2D eigenvalue weighted by atomic mass is 19.4. The van der Waals surface area contributed by atoms with Crippen molar-refractivity contribution in [1.29, 1.82) is 0 Å². The number of nitrogens with one attached hydrogen (secondary N) is 1. The fourth-order valence-electron chi connectivity index (χ4n) is 2.93. The number of hydrogen-bond acceptors (Lipinski definition) is 4. The number of rotatable bonds is 6. The smallest absolute Gasteiger partial charge is 0.340 e. The molecule has 1 heterocycles. The van der Waals surface area contributed by atoms with Gasteiger partial charge in [0.2, 0.25) is 11.7 Å². The van der Waals surface area contributed by atoms with Crippen LogP contribution >= 0.6 is 0 Å². The van der Waals surface area contributed by atoms with Crippen LogP contribution in [0.4, 0.5) is 13.2 Å². The average Bonchev–Trinajstić information content (AvgIpc) is 3.21. The highest BCUT2D eigenvalue weighted by molar-refractivity contribution is 5.94. The Labute approximate surface area is 172 Å². The van der Waals surface area contributed by atoms with Gasteiger partial charge in [0.1, 0.15) is 6.04 Å². The van der Waals surface area contributed by atoms with Gasteiger partial charge < -0.3 is 9.84 Å². The number of nitrogens with zero attached hydrogens (tertiary/aromatic N) is 2. The zero-order valence-corrected chi connectivity index (χ0v) is 16.8. The number of halogens is 3. The Balaban J connectivity index is 1.87. The zero-order valence-electron chi connectivity index (χ0n) is 16.8. The Bertz CT molecular complexity index is 1010. The lowest BCUT2D eigenvalue weighted by atomic mass is 9.98. The summed E-state index contributed by atoms with van der Waals surface area (Å²) in [6, 6.07) is 11.3. The van der Waals surface area contributed by atoms with Crippen LogP contribution in [0.5, 0.6) is 0 Å². The molecule has 1 aromatic heterocycles. The van der Waals surface area contributed by atoms with E-state index < -0.39 is 17.8 Å². The SMILES string of the molecule is CCC(C)C(NC(=O)c1ccc(C)cc1)c1nc(-c2cccc(C(F)(F)F)c2)no1. The number of aryl methyl sites for hydroxylation is 1. The minimum absolute atomic E-state index is 0.0331. The quantitative estimate of drug-likeness (QED) is 0.568. The van der Waals surface area contributed by atoms with Crippen LogP contribution in [-0.4, -0.2) is 16.0 Å². The van der Waals surface area contributed by atoms with Gasteiger partial charge in [0.05, 0.1) is 5.56 Å². The van der Waals surface area contributed by atoms with Crippen molar-refractivity contribution in [1.82, 2.24) is 15.5 Å². The number of benzene rings is 2. The molecule has 0 radical (unpaired) electrons. The van der Waals surface area contributed by atoms with Crippen molar-refractivity contribution in [3.8, 4) is 11.4 Å². The summed E-state index contributed by atoms with van der Waals surface area (Å²) in [4.78, 5) is 16.9. The molecule has 0 saturated carbocycles. The van der Waals surface area contributed by atoms with Gasteiger partial charge in [-0.3, -0.25) is 4.79 Å². The minimum atomic E-state index is -4.47. The molecule has 2 unspecified atom stereocenters. The van der Waals surface area contributed by atoms with E-state index in [0.29, 0.717) is 5.56 Å². The van der Waals surface area contributed by atoms with Gasteiger partial charge in [0.15, 0.2) is 0 Å². The lowest BCUT2D eigenvalue weighted by Gasteiger charge is -2.20. The molecule has 0 aliphatic rings. The molecule has 1 N–H and O–H groups in total. The molecule has 0 spiro atoms. The summed E-state index contributed by atoms with van der Waals surface area (Å²) in [5.41, 5.74) is 0.921. The maximum Gasteiger partial charge on any atom is 0.416 e. The summed E-state index contributed by atoms with van der Waals surface area (Å²) in [5.74, 6) is -0.139. The Kier molecular flexibility index (Phi) is 6.24. The van der Waals surface area contributed by atoms with Crippen LogP contribution in [-0.2, 0) is 6.18 Å². The van der Waals surface area contributed by atoms with Crippen molar-refractivity contribution in [3.05, 3.63) is 71.1 Å². The van der Waals surface area contributed by atoms with Crippen molar-refractivity contribution in [2.75, 3.05) is 0 Å². The van der Waals surface area contributed by atoms with Crippen molar-refractivity contribution in [2.45, 2.75) is 39.4 Å². The van der Waals surface area contributed by atoms with E-state index >= 15 is 0 Å². The van der Waals surface area contributed by atoms with Crippen LogP contribution in [0.3, 0.4) is 0 Å². The second-order valence-corrected chi connectivity index (χ2v) is 7.24. The Hall–Kier alpha value is -3.16. The van der Waals surface area contributed by atoms with Crippen molar-refractivity contribution in [2.24, 2.45) is 5.92 Å². The second kappa shape index (κ2) is 8.69. The first kappa shape index (κ1) is 21.5. The topological polar surface area (TPSA) is 68.0 Å². The highest BCUT2D eigenvalue weighted by Gasteiger charge is 2.31.